The molecule has 0 bridgehead atoms. The zero-order valence-electron chi connectivity index (χ0n) is 17.3. The molecule has 1 unspecified atom stereocenters. The molecule has 0 aliphatic heterocycles. The van der Waals surface area contributed by atoms with E-state index in [2.05, 4.69) is 20.4 Å². The van der Waals surface area contributed by atoms with Gasteiger partial charge in [0.15, 0.2) is 11.0 Å². The van der Waals surface area contributed by atoms with Gasteiger partial charge in [0.25, 0.3) is 0 Å². The number of methoxy groups -OCH3 is 1. The molecular weight excluding hydrogens is 443 g/mol. The summed E-state index contributed by atoms with van der Waals surface area (Å²) < 4.78 is 52.3. The highest BCUT2D eigenvalue weighted by molar-refractivity contribution is 7.99. The maximum atomic E-state index is 13.4. The molecule has 0 N–H and O–H groups in total. The minimum Gasteiger partial charge on any atom is -0.497 e. The third-order valence-corrected chi connectivity index (χ3v) is 5.62. The van der Waals surface area contributed by atoms with Crippen molar-refractivity contribution in [2.45, 2.75) is 30.4 Å². The van der Waals surface area contributed by atoms with Crippen molar-refractivity contribution in [1.29, 1.82) is 0 Å². The largest absolute Gasteiger partial charge is 0.497 e. The Morgan fingerprint density at radius 1 is 1.03 bits per heavy atom. The molecule has 2 aromatic carbocycles. The van der Waals surface area contributed by atoms with Gasteiger partial charge in [0, 0.05) is 12.5 Å². The normalized spacial score (nSPS) is 12.7. The fourth-order valence-corrected chi connectivity index (χ4v) is 3.91. The molecule has 0 aliphatic carbocycles. The lowest BCUT2D eigenvalue weighted by molar-refractivity contribution is -0.137. The van der Waals surface area contributed by atoms with E-state index in [-0.39, 0.29) is 10.9 Å². The van der Waals surface area contributed by atoms with Crippen molar-refractivity contribution in [3.8, 4) is 22.8 Å². The molecule has 11 heteroatoms. The summed E-state index contributed by atoms with van der Waals surface area (Å²) in [6.07, 6.45) is -4.48. The van der Waals surface area contributed by atoms with E-state index in [1.54, 1.807) is 48.9 Å². The van der Waals surface area contributed by atoms with Crippen LogP contribution in [0.3, 0.4) is 0 Å². The van der Waals surface area contributed by atoms with E-state index in [9.17, 15) is 13.2 Å². The Labute approximate surface area is 185 Å². The van der Waals surface area contributed by atoms with Crippen LogP contribution in [-0.2, 0) is 6.18 Å². The van der Waals surface area contributed by atoms with Crippen molar-refractivity contribution < 1.29 is 22.3 Å². The maximum absolute atomic E-state index is 13.4. The van der Waals surface area contributed by atoms with Crippen LogP contribution in [0, 0.1) is 6.92 Å². The average molecular weight is 461 g/mol. The number of thioether (sulfide) groups is 1. The molecule has 0 amide bonds. The molecule has 1 atom stereocenters. The molecule has 4 aromatic rings. The maximum Gasteiger partial charge on any atom is 0.416 e. The van der Waals surface area contributed by atoms with E-state index in [4.69, 9.17) is 9.15 Å². The van der Waals surface area contributed by atoms with E-state index >= 15 is 0 Å². The average Bonchev–Trinajstić information content (AvgIpc) is 3.40. The predicted octanol–water partition coefficient (Wildman–Crippen LogP) is 5.51. The van der Waals surface area contributed by atoms with E-state index in [0.29, 0.717) is 34.1 Å². The summed E-state index contributed by atoms with van der Waals surface area (Å²) in [6.45, 7) is 3.52. The minimum atomic E-state index is -4.48. The number of aryl methyl sites for hydroxylation is 1. The van der Waals surface area contributed by atoms with Crippen molar-refractivity contribution in [2.24, 2.45) is 0 Å². The van der Waals surface area contributed by atoms with Crippen molar-refractivity contribution in [3.63, 3.8) is 0 Å². The molecule has 7 nitrogen and oxygen atoms in total. The number of aromatic nitrogens is 5. The number of ether oxygens (including phenoxy) is 1. The Balaban J connectivity index is 1.81. The summed E-state index contributed by atoms with van der Waals surface area (Å²) in [7, 11) is 1.55. The number of halogens is 3. The highest BCUT2D eigenvalue weighted by Gasteiger charge is 2.31. The van der Waals surface area contributed by atoms with E-state index in [1.165, 1.54) is 17.8 Å². The van der Waals surface area contributed by atoms with Gasteiger partial charge >= 0.3 is 6.18 Å². The van der Waals surface area contributed by atoms with Gasteiger partial charge in [0.2, 0.25) is 11.8 Å². The Bertz CT molecular complexity index is 1220. The lowest BCUT2D eigenvalue weighted by atomic mass is 10.1. The van der Waals surface area contributed by atoms with Crippen LogP contribution in [0.15, 0.2) is 58.1 Å². The van der Waals surface area contributed by atoms with Gasteiger partial charge in [-0.25, -0.2) is 0 Å². The highest BCUT2D eigenvalue weighted by Crippen LogP contribution is 2.38. The van der Waals surface area contributed by atoms with Gasteiger partial charge in [-0.15, -0.1) is 20.4 Å². The Morgan fingerprint density at radius 3 is 2.41 bits per heavy atom. The van der Waals surface area contributed by atoms with Crippen molar-refractivity contribution in [2.75, 3.05) is 7.11 Å². The fraction of sp³-hybridized carbons (Fsp3) is 0.238. The second-order valence-corrected chi connectivity index (χ2v) is 8.15. The lowest BCUT2D eigenvalue weighted by Gasteiger charge is -2.14. The Kier molecular flexibility index (Phi) is 5.92. The zero-order chi connectivity index (χ0) is 22.9. The lowest BCUT2D eigenvalue weighted by Crippen LogP contribution is -2.07. The van der Waals surface area contributed by atoms with Crippen LogP contribution >= 0.6 is 11.8 Å². The van der Waals surface area contributed by atoms with Crippen LogP contribution in [0.25, 0.3) is 17.1 Å². The Hall–Kier alpha value is -3.34. The summed E-state index contributed by atoms with van der Waals surface area (Å²) in [5, 5.41) is 16.4. The van der Waals surface area contributed by atoms with Gasteiger partial charge in [-0.3, -0.25) is 4.57 Å². The molecule has 2 heterocycles. The first-order valence-corrected chi connectivity index (χ1v) is 10.4. The molecule has 2 aromatic heterocycles. The van der Waals surface area contributed by atoms with Gasteiger partial charge in [-0.05, 0) is 49.4 Å². The number of alkyl halides is 3. The number of nitrogens with zero attached hydrogens (tertiary/aromatic N) is 5. The third kappa shape index (κ3) is 4.47. The predicted molar refractivity (Wildman–Crippen MR) is 112 cm³/mol. The molecule has 32 heavy (non-hydrogen) atoms. The summed E-state index contributed by atoms with van der Waals surface area (Å²) in [4.78, 5) is 0. The van der Waals surface area contributed by atoms with Gasteiger partial charge < -0.3 is 9.15 Å². The molecule has 0 radical (unpaired) electrons. The monoisotopic (exact) mass is 461 g/mol. The highest BCUT2D eigenvalue weighted by atomic mass is 32.2. The number of hydrogen-bond donors (Lipinski definition) is 0. The molecule has 4 rings (SSSR count). The number of rotatable bonds is 6. The van der Waals surface area contributed by atoms with Crippen LogP contribution < -0.4 is 4.74 Å². The third-order valence-electron chi connectivity index (χ3n) is 4.58. The Morgan fingerprint density at radius 2 is 1.78 bits per heavy atom. The fourth-order valence-electron chi connectivity index (χ4n) is 3.01. The van der Waals surface area contributed by atoms with E-state index < -0.39 is 11.7 Å². The molecule has 0 saturated heterocycles. The van der Waals surface area contributed by atoms with Crippen LogP contribution in [0.2, 0.25) is 0 Å². The quantitative estimate of drug-likeness (QED) is 0.351. The van der Waals surface area contributed by atoms with E-state index in [0.717, 1.165) is 12.1 Å². The number of hydrogen-bond acceptors (Lipinski definition) is 7. The van der Waals surface area contributed by atoms with Gasteiger partial charge in [0.05, 0.1) is 23.6 Å². The van der Waals surface area contributed by atoms with Crippen molar-refractivity contribution in [3.05, 3.63) is 65.9 Å². The first-order chi connectivity index (χ1) is 15.3. The standard InChI is InChI=1S/C21H18F3N5O2S/c1-12(19-27-25-13(2)31-19)32-20-28-26-18(14-7-9-17(30-3)10-8-14)29(20)16-6-4-5-15(11-16)21(22,23)24/h4-12H,1-3H3. The molecule has 0 fully saturated rings. The van der Waals surface area contributed by atoms with Gasteiger partial charge in [0.1, 0.15) is 5.75 Å². The minimum absolute atomic E-state index is 0.284. The second-order valence-electron chi connectivity index (χ2n) is 6.84. The summed E-state index contributed by atoms with van der Waals surface area (Å²) in [5.41, 5.74) is 0.191. The molecule has 0 spiro atoms. The second kappa shape index (κ2) is 8.65. The first kappa shape index (κ1) is 21.9. The summed E-state index contributed by atoms with van der Waals surface area (Å²) in [6, 6.07) is 12.1. The summed E-state index contributed by atoms with van der Waals surface area (Å²) >= 11 is 1.26. The van der Waals surface area contributed by atoms with Crippen LogP contribution in [0.1, 0.15) is 29.5 Å². The topological polar surface area (TPSA) is 78.9 Å². The molecular formula is C21H18F3N5O2S. The molecule has 166 valence electrons. The SMILES string of the molecule is COc1ccc(-c2nnc(SC(C)c3nnc(C)o3)n2-c2cccc(C(F)(F)F)c2)cc1. The van der Waals surface area contributed by atoms with E-state index in [1.807, 2.05) is 6.92 Å². The molecule has 0 aliphatic rings. The van der Waals surface area contributed by atoms with Crippen molar-refractivity contribution in [1.82, 2.24) is 25.0 Å². The zero-order valence-corrected chi connectivity index (χ0v) is 18.1. The number of benzene rings is 2. The van der Waals surface area contributed by atoms with Crippen LogP contribution in [0.5, 0.6) is 5.75 Å². The smallest absolute Gasteiger partial charge is 0.416 e. The van der Waals surface area contributed by atoms with Crippen LogP contribution in [-0.4, -0.2) is 32.1 Å². The van der Waals surface area contributed by atoms with Gasteiger partial charge in [-0.2, -0.15) is 13.2 Å². The van der Waals surface area contributed by atoms with Crippen molar-refractivity contribution >= 4 is 11.8 Å². The van der Waals surface area contributed by atoms with Gasteiger partial charge in [-0.1, -0.05) is 17.8 Å². The molecule has 0 saturated carbocycles. The first-order valence-electron chi connectivity index (χ1n) is 9.50. The summed E-state index contributed by atoms with van der Waals surface area (Å²) in [5.74, 6) is 1.85. The van der Waals surface area contributed by atoms with Crippen LogP contribution in [0.4, 0.5) is 13.2 Å².